The van der Waals surface area contributed by atoms with Gasteiger partial charge in [-0.25, -0.2) is 4.98 Å². The zero-order chi connectivity index (χ0) is 12.3. The number of aromatic nitrogens is 4. The Kier molecular flexibility index (Phi) is 3.55. The van der Waals surface area contributed by atoms with Crippen LogP contribution in [0.25, 0.3) is 0 Å². The van der Waals surface area contributed by atoms with Crippen molar-refractivity contribution < 1.29 is 0 Å². The van der Waals surface area contributed by atoms with Crippen LogP contribution in [0.5, 0.6) is 0 Å². The maximum atomic E-state index is 5.57. The van der Waals surface area contributed by atoms with Gasteiger partial charge in [-0.1, -0.05) is 0 Å². The molecule has 0 aliphatic rings. The second-order valence-electron chi connectivity index (χ2n) is 4.09. The van der Waals surface area contributed by atoms with Crippen molar-refractivity contribution in [3.63, 3.8) is 0 Å². The molecule has 0 aliphatic carbocycles. The molecule has 0 radical (unpaired) electrons. The van der Waals surface area contributed by atoms with Gasteiger partial charge in [0.25, 0.3) is 0 Å². The number of imidazole rings is 1. The van der Waals surface area contributed by atoms with Gasteiger partial charge in [0.1, 0.15) is 0 Å². The van der Waals surface area contributed by atoms with Crippen molar-refractivity contribution in [1.82, 2.24) is 24.8 Å². The molecule has 0 bridgehead atoms. The van der Waals surface area contributed by atoms with Crippen molar-refractivity contribution in [2.75, 3.05) is 0 Å². The average Bonchev–Trinajstić information content (AvgIpc) is 2.94. The van der Waals surface area contributed by atoms with E-state index in [9.17, 15) is 0 Å². The van der Waals surface area contributed by atoms with Crippen LogP contribution < -0.4 is 11.3 Å². The number of nitrogens with two attached hydrogens (primary N) is 1. The first-order valence-electron chi connectivity index (χ1n) is 5.68. The van der Waals surface area contributed by atoms with Crippen molar-refractivity contribution in [3.05, 3.63) is 36.2 Å². The Balaban J connectivity index is 2.09. The quantitative estimate of drug-likeness (QED) is 0.579. The Bertz CT molecular complexity index is 472. The Morgan fingerprint density at radius 1 is 1.47 bits per heavy atom. The van der Waals surface area contributed by atoms with Crippen LogP contribution in [0.3, 0.4) is 0 Å². The fraction of sp³-hybridized carbons (Fsp3) is 0.455. The molecule has 2 aromatic heterocycles. The summed E-state index contributed by atoms with van der Waals surface area (Å²) in [5.41, 5.74) is 4.89. The molecule has 17 heavy (non-hydrogen) atoms. The summed E-state index contributed by atoms with van der Waals surface area (Å²) in [6.07, 6.45) is 8.43. The minimum Gasteiger partial charge on any atom is -0.340 e. The molecule has 0 saturated heterocycles. The summed E-state index contributed by atoms with van der Waals surface area (Å²) >= 11 is 0. The lowest BCUT2D eigenvalue weighted by atomic mass is 10.1. The zero-order valence-corrected chi connectivity index (χ0v) is 10.2. The van der Waals surface area contributed by atoms with Crippen molar-refractivity contribution in [2.45, 2.75) is 25.9 Å². The van der Waals surface area contributed by atoms with Gasteiger partial charge in [-0.3, -0.25) is 16.0 Å². The first-order chi connectivity index (χ1) is 8.22. The topological polar surface area (TPSA) is 73.7 Å². The Hall–Kier alpha value is -1.66. The van der Waals surface area contributed by atoms with E-state index in [1.165, 1.54) is 0 Å². The third kappa shape index (κ3) is 2.72. The Morgan fingerprint density at radius 3 is 2.82 bits per heavy atom. The van der Waals surface area contributed by atoms with E-state index in [1.807, 2.05) is 34.9 Å². The molecule has 3 N–H and O–H groups in total. The van der Waals surface area contributed by atoms with Gasteiger partial charge in [0, 0.05) is 26.0 Å². The van der Waals surface area contributed by atoms with E-state index in [0.29, 0.717) is 0 Å². The molecule has 6 nitrogen and oxygen atoms in total. The average molecular weight is 234 g/mol. The second-order valence-corrected chi connectivity index (χ2v) is 4.09. The zero-order valence-electron chi connectivity index (χ0n) is 10.2. The van der Waals surface area contributed by atoms with Gasteiger partial charge in [0.05, 0.1) is 24.3 Å². The fourth-order valence-electron chi connectivity index (χ4n) is 1.78. The molecule has 2 rings (SSSR count). The maximum Gasteiger partial charge on any atom is 0.0947 e. The summed E-state index contributed by atoms with van der Waals surface area (Å²) in [5, 5.41) is 4.24. The molecule has 1 unspecified atom stereocenters. The molecule has 0 aliphatic heterocycles. The number of hydrazine groups is 1. The van der Waals surface area contributed by atoms with Gasteiger partial charge >= 0.3 is 0 Å². The van der Waals surface area contributed by atoms with Crippen LogP contribution in [0.15, 0.2) is 24.9 Å². The molecule has 6 heteroatoms. The smallest absolute Gasteiger partial charge is 0.0947 e. The van der Waals surface area contributed by atoms with Crippen LogP contribution in [0, 0.1) is 0 Å². The van der Waals surface area contributed by atoms with E-state index in [2.05, 4.69) is 22.4 Å². The summed E-state index contributed by atoms with van der Waals surface area (Å²) in [6, 6.07) is 0.0192. The number of hydrogen-bond acceptors (Lipinski definition) is 4. The van der Waals surface area contributed by atoms with Crippen molar-refractivity contribution in [1.29, 1.82) is 0 Å². The highest BCUT2D eigenvalue weighted by molar-refractivity contribution is 5.12. The van der Waals surface area contributed by atoms with Crippen LogP contribution in [-0.4, -0.2) is 19.3 Å². The monoisotopic (exact) mass is 234 g/mol. The molecular weight excluding hydrogens is 216 g/mol. The molecule has 0 spiro atoms. The fourth-order valence-corrected chi connectivity index (χ4v) is 1.78. The standard InChI is InChI=1S/C11H18N6/c1-3-17-6-9(5-14-17)4-10(15-12)11-7-16(2)8-13-11/h5-8,10,15H,3-4,12H2,1-2H3. The van der Waals surface area contributed by atoms with Crippen molar-refractivity contribution in [3.8, 4) is 0 Å². The number of aryl methyl sites for hydroxylation is 2. The molecule has 0 aromatic carbocycles. The molecule has 0 saturated carbocycles. The summed E-state index contributed by atoms with van der Waals surface area (Å²) < 4.78 is 3.82. The van der Waals surface area contributed by atoms with Gasteiger partial charge in [-0.15, -0.1) is 0 Å². The molecular formula is C11H18N6. The predicted octanol–water partition coefficient (Wildman–Crippen LogP) is 0.384. The van der Waals surface area contributed by atoms with Gasteiger partial charge in [0.15, 0.2) is 0 Å². The molecule has 2 aromatic rings. The third-order valence-corrected chi connectivity index (χ3v) is 2.73. The highest BCUT2D eigenvalue weighted by Gasteiger charge is 2.14. The van der Waals surface area contributed by atoms with Crippen LogP contribution >= 0.6 is 0 Å². The van der Waals surface area contributed by atoms with Gasteiger partial charge in [0.2, 0.25) is 0 Å². The molecule has 2 heterocycles. The van der Waals surface area contributed by atoms with Crippen LogP contribution in [-0.2, 0) is 20.0 Å². The summed E-state index contributed by atoms with van der Waals surface area (Å²) in [5.74, 6) is 5.57. The SMILES string of the molecule is CCn1cc(CC(NN)c2cn(C)cn2)cn1. The lowest BCUT2D eigenvalue weighted by Gasteiger charge is -2.11. The first kappa shape index (κ1) is 11.8. The maximum absolute atomic E-state index is 5.57. The number of hydrogen-bond donors (Lipinski definition) is 2. The summed E-state index contributed by atoms with van der Waals surface area (Å²) in [7, 11) is 1.94. The summed E-state index contributed by atoms with van der Waals surface area (Å²) in [6.45, 7) is 2.94. The molecule has 0 amide bonds. The highest BCUT2D eigenvalue weighted by Crippen LogP contribution is 2.15. The minimum atomic E-state index is 0.0192. The first-order valence-corrected chi connectivity index (χ1v) is 5.68. The lowest BCUT2D eigenvalue weighted by molar-refractivity contribution is 0.539. The van der Waals surface area contributed by atoms with Crippen molar-refractivity contribution >= 4 is 0 Å². The lowest BCUT2D eigenvalue weighted by Crippen LogP contribution is -2.29. The number of nitrogens with one attached hydrogen (secondary N) is 1. The van der Waals surface area contributed by atoms with E-state index >= 15 is 0 Å². The number of rotatable bonds is 5. The molecule has 1 atom stereocenters. The van der Waals surface area contributed by atoms with Gasteiger partial charge in [-0.2, -0.15) is 5.10 Å². The van der Waals surface area contributed by atoms with Crippen molar-refractivity contribution in [2.24, 2.45) is 12.9 Å². The normalized spacial score (nSPS) is 12.9. The highest BCUT2D eigenvalue weighted by atomic mass is 15.3. The second kappa shape index (κ2) is 5.11. The Morgan fingerprint density at radius 2 is 2.29 bits per heavy atom. The van der Waals surface area contributed by atoms with E-state index < -0.39 is 0 Å². The van der Waals surface area contributed by atoms with Gasteiger partial charge in [-0.05, 0) is 18.9 Å². The minimum absolute atomic E-state index is 0.0192. The predicted molar refractivity (Wildman–Crippen MR) is 64.9 cm³/mol. The summed E-state index contributed by atoms with van der Waals surface area (Å²) in [4.78, 5) is 4.30. The van der Waals surface area contributed by atoms with Crippen LogP contribution in [0.2, 0.25) is 0 Å². The van der Waals surface area contributed by atoms with Crippen LogP contribution in [0.1, 0.15) is 24.2 Å². The largest absolute Gasteiger partial charge is 0.340 e. The van der Waals surface area contributed by atoms with Crippen LogP contribution in [0.4, 0.5) is 0 Å². The Labute approximate surface area is 100 Å². The van der Waals surface area contributed by atoms with E-state index in [1.54, 1.807) is 6.33 Å². The third-order valence-electron chi connectivity index (χ3n) is 2.73. The number of nitrogens with zero attached hydrogens (tertiary/aromatic N) is 4. The van der Waals surface area contributed by atoms with Gasteiger partial charge < -0.3 is 4.57 Å². The molecule has 0 fully saturated rings. The van der Waals surface area contributed by atoms with E-state index in [-0.39, 0.29) is 6.04 Å². The van der Waals surface area contributed by atoms with E-state index in [4.69, 9.17) is 5.84 Å². The molecule has 92 valence electrons. The van der Waals surface area contributed by atoms with E-state index in [0.717, 1.165) is 24.2 Å².